The van der Waals surface area contributed by atoms with Crippen LogP contribution in [0.15, 0.2) is 36.4 Å². The molecule has 0 aromatic heterocycles. The van der Waals surface area contributed by atoms with E-state index in [1.54, 1.807) is 0 Å². The van der Waals surface area contributed by atoms with Crippen LogP contribution in [0.4, 0.5) is 4.79 Å². The van der Waals surface area contributed by atoms with Gasteiger partial charge in [-0.2, -0.15) is 0 Å². The molecule has 0 spiro atoms. The van der Waals surface area contributed by atoms with Crippen LogP contribution in [-0.2, 0) is 16.0 Å². The highest BCUT2D eigenvalue weighted by Crippen LogP contribution is 2.36. The topological polar surface area (TPSA) is 79.0 Å². The van der Waals surface area contributed by atoms with Crippen molar-refractivity contribution in [2.45, 2.75) is 89.6 Å². The van der Waals surface area contributed by atoms with Gasteiger partial charge in [0.1, 0.15) is 0 Å². The number of alkyl carbamates (subject to hydrolysis) is 1. The molecule has 1 N–H and O–H groups in total. The average Bonchev–Trinajstić information content (AvgIpc) is 3.39. The number of nitrogens with zero attached hydrogens (tertiary/aromatic N) is 2. The Kier molecular flexibility index (Phi) is 10.9. The van der Waals surface area contributed by atoms with Crippen LogP contribution in [0.25, 0.3) is 11.1 Å². The van der Waals surface area contributed by atoms with Crippen molar-refractivity contribution >= 4 is 41.1 Å². The number of hydrogen-bond donors (Lipinski definition) is 1. The van der Waals surface area contributed by atoms with Gasteiger partial charge in [0.05, 0.1) is 6.61 Å². The minimum Gasteiger partial charge on any atom is -0.450 e. The van der Waals surface area contributed by atoms with Gasteiger partial charge in [-0.3, -0.25) is 9.59 Å². The smallest absolute Gasteiger partial charge is 0.407 e. The van der Waals surface area contributed by atoms with Gasteiger partial charge in [-0.1, -0.05) is 67.9 Å². The highest BCUT2D eigenvalue weighted by Gasteiger charge is 2.36. The predicted molar refractivity (Wildman–Crippen MR) is 171 cm³/mol. The van der Waals surface area contributed by atoms with E-state index in [-0.39, 0.29) is 29.9 Å². The maximum atomic E-state index is 13.2. The average molecular weight is 629 g/mol. The Balaban J connectivity index is 1.15. The van der Waals surface area contributed by atoms with Gasteiger partial charge in [0, 0.05) is 53.2 Å². The summed E-state index contributed by atoms with van der Waals surface area (Å²) in [6.07, 6.45) is 10.2. The van der Waals surface area contributed by atoms with E-state index in [0.29, 0.717) is 60.6 Å². The number of benzene rings is 2. The number of ether oxygens (including phenoxy) is 1. The first-order chi connectivity index (χ1) is 20.8. The number of unbranched alkanes of at least 4 members (excludes halogenated alkanes) is 1. The van der Waals surface area contributed by atoms with E-state index in [2.05, 4.69) is 17.1 Å². The molecule has 0 radical (unpaired) electrons. The van der Waals surface area contributed by atoms with E-state index in [1.807, 2.05) is 41.3 Å². The molecule has 1 atom stereocenters. The molecule has 2 aliphatic heterocycles. The lowest BCUT2D eigenvalue weighted by Crippen LogP contribution is -2.46. The molecule has 3 fully saturated rings. The highest BCUT2D eigenvalue weighted by atomic mass is 35.5. The van der Waals surface area contributed by atoms with Gasteiger partial charge in [0.25, 0.3) is 5.91 Å². The second kappa shape index (κ2) is 14.8. The summed E-state index contributed by atoms with van der Waals surface area (Å²) < 4.78 is 5.19. The maximum absolute atomic E-state index is 13.2. The van der Waals surface area contributed by atoms with E-state index in [4.69, 9.17) is 27.9 Å². The van der Waals surface area contributed by atoms with Gasteiger partial charge < -0.3 is 19.9 Å². The first kappa shape index (κ1) is 31.6. The molecule has 0 bridgehead atoms. The largest absolute Gasteiger partial charge is 0.450 e. The molecular weight excluding hydrogens is 585 g/mol. The zero-order valence-corrected chi connectivity index (χ0v) is 26.6. The van der Waals surface area contributed by atoms with Crippen LogP contribution < -0.4 is 5.32 Å². The minimum absolute atomic E-state index is 0.0145. The molecule has 2 heterocycles. The molecule has 1 aliphatic carbocycles. The molecule has 7 nitrogen and oxygen atoms in total. The molecule has 1 unspecified atom stereocenters. The van der Waals surface area contributed by atoms with E-state index in [0.717, 1.165) is 55.3 Å². The first-order valence-corrected chi connectivity index (χ1v) is 16.7. The molecule has 3 aliphatic rings. The van der Waals surface area contributed by atoms with Gasteiger partial charge >= 0.3 is 6.09 Å². The minimum atomic E-state index is -0.379. The van der Waals surface area contributed by atoms with E-state index < -0.39 is 0 Å². The predicted octanol–water partition coefficient (Wildman–Crippen LogP) is 7.52. The normalized spacial score (nSPS) is 20.0. The van der Waals surface area contributed by atoms with Crippen molar-refractivity contribution in [1.82, 2.24) is 15.1 Å². The zero-order valence-electron chi connectivity index (χ0n) is 25.1. The van der Waals surface area contributed by atoms with E-state index in [9.17, 15) is 14.4 Å². The van der Waals surface area contributed by atoms with Crippen LogP contribution in [0.1, 0.15) is 87.1 Å². The molecule has 232 valence electrons. The molecular formula is C34H43Cl2N3O4. The van der Waals surface area contributed by atoms with Crippen LogP contribution in [0, 0.1) is 5.92 Å². The Labute approximate surface area is 265 Å². The lowest BCUT2D eigenvalue weighted by atomic mass is 9.93. The summed E-state index contributed by atoms with van der Waals surface area (Å²) in [5.41, 5.74) is 3.23. The van der Waals surface area contributed by atoms with Crippen molar-refractivity contribution in [2.75, 3.05) is 26.2 Å². The summed E-state index contributed by atoms with van der Waals surface area (Å²) in [4.78, 5) is 42.3. The molecule has 5 rings (SSSR count). The second-order valence-corrected chi connectivity index (χ2v) is 13.0. The fourth-order valence-corrected chi connectivity index (χ4v) is 7.29. The standard InChI is InChI=1S/C34H43Cl2N3O4/c1-2-3-19-43-34(42)37-27-14-16-38(17-15-27)32(40)24-11-9-23(10-12-24)26-21-30(35)29(31(36)22-26)20-25-13-18-39(33(25)41)28-7-5-4-6-8-28/h9-12,21-22,25,27-28H,2-8,13-20H2,1H3,(H,37,42). The third kappa shape index (κ3) is 7.85. The summed E-state index contributed by atoms with van der Waals surface area (Å²) in [6, 6.07) is 11.7. The van der Waals surface area contributed by atoms with Crippen molar-refractivity contribution in [3.63, 3.8) is 0 Å². The third-order valence-corrected chi connectivity index (χ3v) is 9.93. The number of nitrogens with one attached hydrogen (secondary N) is 1. The number of hydrogen-bond acceptors (Lipinski definition) is 4. The molecule has 2 saturated heterocycles. The quantitative estimate of drug-likeness (QED) is 0.292. The molecule has 2 aromatic carbocycles. The number of likely N-dealkylation sites (tertiary alicyclic amines) is 2. The van der Waals surface area contributed by atoms with E-state index in [1.165, 1.54) is 19.3 Å². The lowest BCUT2D eigenvalue weighted by Gasteiger charge is -2.32. The van der Waals surface area contributed by atoms with Crippen molar-refractivity contribution in [1.29, 1.82) is 0 Å². The summed E-state index contributed by atoms with van der Waals surface area (Å²) in [5.74, 6) is 0.146. The third-order valence-electron chi connectivity index (χ3n) is 9.26. The van der Waals surface area contributed by atoms with Crippen LogP contribution >= 0.6 is 23.2 Å². The summed E-state index contributed by atoms with van der Waals surface area (Å²) in [6.45, 7) is 4.47. The molecule has 1 saturated carbocycles. The Morgan fingerprint density at radius 2 is 1.58 bits per heavy atom. The van der Waals surface area contributed by atoms with Crippen molar-refractivity contribution in [2.24, 2.45) is 5.92 Å². The number of carbonyl (C=O) groups excluding carboxylic acids is 3. The van der Waals surface area contributed by atoms with Crippen molar-refractivity contribution < 1.29 is 19.1 Å². The monoisotopic (exact) mass is 627 g/mol. The maximum Gasteiger partial charge on any atom is 0.407 e. The number of amides is 3. The Bertz CT molecular complexity index is 1260. The molecule has 9 heteroatoms. The van der Waals surface area contributed by atoms with Crippen molar-refractivity contribution in [3.05, 3.63) is 57.6 Å². The van der Waals surface area contributed by atoms with Crippen molar-refractivity contribution in [3.8, 4) is 11.1 Å². The number of rotatable bonds is 9. The Morgan fingerprint density at radius 3 is 2.23 bits per heavy atom. The number of halogens is 2. The fourth-order valence-electron chi connectivity index (χ4n) is 6.65. The Morgan fingerprint density at radius 1 is 0.907 bits per heavy atom. The summed E-state index contributed by atoms with van der Waals surface area (Å²) >= 11 is 13.5. The van der Waals surface area contributed by atoms with Gasteiger partial charge in [0.2, 0.25) is 5.91 Å². The first-order valence-electron chi connectivity index (χ1n) is 16.0. The fraction of sp³-hybridized carbons (Fsp3) is 0.559. The lowest BCUT2D eigenvalue weighted by molar-refractivity contribution is -0.133. The SMILES string of the molecule is CCCCOC(=O)NC1CCN(C(=O)c2ccc(-c3cc(Cl)c(CC4CCN(C5CCCCC5)C4=O)c(Cl)c3)cc2)CC1. The van der Waals surface area contributed by atoms with Crippen LogP contribution in [-0.4, -0.2) is 66.0 Å². The van der Waals surface area contributed by atoms with Crippen LogP contribution in [0.5, 0.6) is 0 Å². The summed E-state index contributed by atoms with van der Waals surface area (Å²) in [5, 5.41) is 4.05. The Hall–Kier alpha value is -2.77. The van der Waals surface area contributed by atoms with E-state index >= 15 is 0 Å². The second-order valence-electron chi connectivity index (χ2n) is 12.2. The molecule has 3 amide bonds. The zero-order chi connectivity index (χ0) is 30.3. The van der Waals surface area contributed by atoms with Crippen LogP contribution in [0.2, 0.25) is 10.0 Å². The highest BCUT2D eigenvalue weighted by molar-refractivity contribution is 6.36. The molecule has 2 aromatic rings. The van der Waals surface area contributed by atoms with Gasteiger partial charge in [-0.05, 0) is 85.9 Å². The number of carbonyl (C=O) groups is 3. The van der Waals surface area contributed by atoms with Gasteiger partial charge in [-0.25, -0.2) is 4.79 Å². The van der Waals surface area contributed by atoms with Crippen LogP contribution in [0.3, 0.4) is 0 Å². The van der Waals surface area contributed by atoms with Gasteiger partial charge in [-0.15, -0.1) is 0 Å². The number of piperidine rings is 1. The summed E-state index contributed by atoms with van der Waals surface area (Å²) in [7, 11) is 0. The molecule has 43 heavy (non-hydrogen) atoms. The van der Waals surface area contributed by atoms with Gasteiger partial charge in [0.15, 0.2) is 0 Å².